The molecule has 0 bridgehead atoms. The van der Waals surface area contributed by atoms with Crippen molar-refractivity contribution in [2.24, 2.45) is 17.3 Å². The average molecular weight is 452 g/mol. The van der Waals surface area contributed by atoms with Crippen LogP contribution in [0.15, 0.2) is 22.4 Å². The Hall–Kier alpha value is -3.65. The molecule has 1 aromatic heterocycles. The SMILES string of the molecule is [C-]#[N+]c1nc(N=Nc2cc3c(cc2NS(=O)(=O)C(F)(F)F)N(C)CCC3)n(C)c1[N+]#[C-]. The van der Waals surface area contributed by atoms with Crippen molar-refractivity contribution in [1.29, 1.82) is 0 Å². The second kappa shape index (κ2) is 7.88. The molecule has 2 heterocycles. The van der Waals surface area contributed by atoms with E-state index in [4.69, 9.17) is 13.1 Å². The first-order chi connectivity index (χ1) is 14.5. The van der Waals surface area contributed by atoms with Gasteiger partial charge in [-0.05, 0) is 30.5 Å². The Kier molecular flexibility index (Phi) is 5.61. The van der Waals surface area contributed by atoms with Crippen LogP contribution in [0.2, 0.25) is 0 Å². The van der Waals surface area contributed by atoms with Gasteiger partial charge in [0, 0.05) is 19.3 Å². The van der Waals surface area contributed by atoms with Crippen molar-refractivity contribution in [2.75, 3.05) is 23.2 Å². The van der Waals surface area contributed by atoms with Gasteiger partial charge in [-0.2, -0.15) is 21.6 Å². The molecule has 3 rings (SSSR count). The molecule has 0 saturated heterocycles. The van der Waals surface area contributed by atoms with E-state index in [9.17, 15) is 21.6 Å². The summed E-state index contributed by atoms with van der Waals surface area (Å²) in [6, 6.07) is 2.73. The maximum absolute atomic E-state index is 12.9. The third-order valence-electron chi connectivity index (χ3n) is 4.58. The highest BCUT2D eigenvalue weighted by Gasteiger charge is 2.46. The summed E-state index contributed by atoms with van der Waals surface area (Å²) < 4.78 is 64.8. The number of azo groups is 1. The van der Waals surface area contributed by atoms with Crippen molar-refractivity contribution in [2.45, 2.75) is 18.3 Å². The Labute approximate surface area is 175 Å². The third kappa shape index (κ3) is 4.15. The summed E-state index contributed by atoms with van der Waals surface area (Å²) >= 11 is 0. The number of hydrogen-bond donors (Lipinski definition) is 1. The Balaban J connectivity index is 2.11. The molecule has 1 aromatic carbocycles. The quantitative estimate of drug-likeness (QED) is 0.542. The van der Waals surface area contributed by atoms with Crippen LogP contribution in [0.25, 0.3) is 9.69 Å². The van der Waals surface area contributed by atoms with Gasteiger partial charge in [-0.15, -0.1) is 5.11 Å². The predicted molar refractivity (Wildman–Crippen MR) is 107 cm³/mol. The molecule has 162 valence electrons. The van der Waals surface area contributed by atoms with Gasteiger partial charge in [-0.1, -0.05) is 23.2 Å². The Morgan fingerprint density at radius 2 is 1.90 bits per heavy atom. The van der Waals surface area contributed by atoms with Gasteiger partial charge in [0.25, 0.3) is 11.6 Å². The fourth-order valence-corrected chi connectivity index (χ4v) is 3.59. The molecule has 0 radical (unpaired) electrons. The number of aryl methyl sites for hydroxylation is 1. The molecule has 0 amide bonds. The molecule has 1 N–H and O–H groups in total. The van der Waals surface area contributed by atoms with E-state index in [0.717, 1.165) is 12.0 Å². The number of benzene rings is 1. The molecule has 0 aliphatic carbocycles. The minimum Gasteiger partial charge on any atom is -0.374 e. The normalized spacial score (nSPS) is 14.2. The minimum absolute atomic E-state index is 0.0750. The largest absolute Gasteiger partial charge is 0.516 e. The van der Waals surface area contributed by atoms with Crippen LogP contribution in [-0.4, -0.2) is 37.1 Å². The van der Waals surface area contributed by atoms with Crippen LogP contribution in [-0.2, 0) is 23.5 Å². The average Bonchev–Trinajstić information content (AvgIpc) is 3.00. The lowest BCUT2D eigenvalue weighted by Crippen LogP contribution is -2.30. The first-order valence-electron chi connectivity index (χ1n) is 8.69. The lowest BCUT2D eigenvalue weighted by molar-refractivity contribution is -0.0429. The van der Waals surface area contributed by atoms with Crippen LogP contribution in [0.5, 0.6) is 0 Å². The molecule has 14 heteroatoms. The van der Waals surface area contributed by atoms with E-state index in [1.165, 1.54) is 28.5 Å². The fourth-order valence-electron chi connectivity index (χ4n) is 3.02. The Bertz CT molecular complexity index is 1250. The number of halogens is 3. The van der Waals surface area contributed by atoms with Crippen LogP contribution in [0.3, 0.4) is 0 Å². The third-order valence-corrected chi connectivity index (χ3v) is 5.68. The molecular formula is C17H15F3N8O2S. The minimum atomic E-state index is -5.69. The lowest BCUT2D eigenvalue weighted by Gasteiger charge is -2.28. The standard InChI is InChI=1S/C17H15F3N8O2S/c1-21-14-15(22-2)28(4)16(23-14)25-24-11-8-10-6-5-7-27(3)13(10)9-12(11)26-31(29,30)17(18,19)20/h8-9,26H,5-7H2,3-4H3. The number of imidazole rings is 1. The number of aromatic nitrogens is 2. The van der Waals surface area contributed by atoms with Crippen LogP contribution < -0.4 is 9.62 Å². The molecular weight excluding hydrogens is 437 g/mol. The summed E-state index contributed by atoms with van der Waals surface area (Å²) in [4.78, 5) is 12.0. The van der Waals surface area contributed by atoms with Gasteiger partial charge in [0.2, 0.25) is 0 Å². The predicted octanol–water partition coefficient (Wildman–Crippen LogP) is 4.58. The van der Waals surface area contributed by atoms with Crippen LogP contribution in [0.4, 0.5) is 47.8 Å². The van der Waals surface area contributed by atoms with Crippen molar-refractivity contribution < 1.29 is 21.6 Å². The molecule has 0 saturated carbocycles. The Morgan fingerprint density at radius 1 is 1.19 bits per heavy atom. The second-order valence-electron chi connectivity index (χ2n) is 6.62. The number of rotatable bonds is 4. The van der Waals surface area contributed by atoms with Crippen molar-refractivity contribution in [3.63, 3.8) is 0 Å². The zero-order valence-corrected chi connectivity index (χ0v) is 17.1. The maximum Gasteiger partial charge on any atom is 0.516 e. The van der Waals surface area contributed by atoms with Crippen molar-refractivity contribution in [3.05, 3.63) is 40.5 Å². The van der Waals surface area contributed by atoms with E-state index in [1.807, 2.05) is 0 Å². The molecule has 1 aliphatic heterocycles. The van der Waals surface area contributed by atoms with Crippen molar-refractivity contribution in [1.82, 2.24) is 9.55 Å². The molecule has 1 aliphatic rings. The van der Waals surface area contributed by atoms with E-state index in [-0.39, 0.29) is 23.3 Å². The molecule has 31 heavy (non-hydrogen) atoms. The number of alkyl halides is 3. The van der Waals surface area contributed by atoms with Crippen LogP contribution in [0.1, 0.15) is 12.0 Å². The molecule has 0 spiro atoms. The van der Waals surface area contributed by atoms with Gasteiger partial charge in [0.05, 0.1) is 12.7 Å². The van der Waals surface area contributed by atoms with Gasteiger partial charge in [-0.3, -0.25) is 4.72 Å². The molecule has 2 aromatic rings. The molecule has 10 nitrogen and oxygen atoms in total. The number of nitrogens with one attached hydrogen (secondary N) is 1. The van der Waals surface area contributed by atoms with E-state index < -0.39 is 21.2 Å². The van der Waals surface area contributed by atoms with Crippen molar-refractivity contribution >= 4 is 44.7 Å². The fraction of sp³-hybridized carbons (Fsp3) is 0.353. The number of nitrogens with zero attached hydrogens (tertiary/aromatic N) is 7. The topological polar surface area (TPSA) is 101 Å². The highest BCUT2D eigenvalue weighted by molar-refractivity contribution is 7.93. The molecule has 0 fully saturated rings. The zero-order chi connectivity index (χ0) is 23.0. The number of hydrogen-bond acceptors (Lipinski definition) is 6. The number of sulfonamides is 1. The van der Waals surface area contributed by atoms with Crippen molar-refractivity contribution in [3.8, 4) is 0 Å². The highest BCUT2D eigenvalue weighted by Crippen LogP contribution is 2.39. The number of fused-ring (bicyclic) bond motifs is 1. The zero-order valence-electron chi connectivity index (χ0n) is 16.3. The summed E-state index contributed by atoms with van der Waals surface area (Å²) in [5.41, 5.74) is -4.73. The van der Waals surface area contributed by atoms with E-state index in [2.05, 4.69) is 24.9 Å². The van der Waals surface area contributed by atoms with E-state index in [0.29, 0.717) is 18.7 Å². The summed E-state index contributed by atoms with van der Waals surface area (Å²) in [7, 11) is -2.52. The summed E-state index contributed by atoms with van der Waals surface area (Å²) in [6.45, 7) is 14.8. The van der Waals surface area contributed by atoms with Gasteiger partial charge < -0.3 is 14.6 Å². The lowest BCUT2D eigenvalue weighted by atomic mass is 10.0. The smallest absolute Gasteiger partial charge is 0.374 e. The van der Waals surface area contributed by atoms with Gasteiger partial charge in [0.15, 0.2) is 0 Å². The summed E-state index contributed by atoms with van der Waals surface area (Å²) in [5, 5.41) is 7.72. The van der Waals surface area contributed by atoms with Gasteiger partial charge in [0.1, 0.15) is 5.69 Å². The second-order valence-corrected chi connectivity index (χ2v) is 8.29. The van der Waals surface area contributed by atoms with Crippen LogP contribution >= 0.6 is 0 Å². The molecule has 0 atom stereocenters. The first-order valence-corrected chi connectivity index (χ1v) is 10.2. The first kappa shape index (κ1) is 22.0. The monoisotopic (exact) mass is 452 g/mol. The van der Waals surface area contributed by atoms with Gasteiger partial charge >= 0.3 is 21.5 Å². The van der Waals surface area contributed by atoms with Crippen LogP contribution in [0, 0.1) is 13.1 Å². The van der Waals surface area contributed by atoms with E-state index >= 15 is 0 Å². The molecule has 0 unspecified atom stereocenters. The van der Waals surface area contributed by atoms with E-state index in [1.54, 1.807) is 11.9 Å². The highest BCUT2D eigenvalue weighted by atomic mass is 32.2. The summed E-state index contributed by atoms with van der Waals surface area (Å²) in [5.74, 6) is -0.401. The number of anilines is 2. The maximum atomic E-state index is 12.9. The van der Waals surface area contributed by atoms with Gasteiger partial charge in [-0.25, -0.2) is 4.57 Å². The Morgan fingerprint density at radius 3 is 2.48 bits per heavy atom. The summed E-state index contributed by atoms with van der Waals surface area (Å²) in [6.07, 6.45) is 1.43.